The number of nitrogen functional groups attached to an aromatic ring is 1. The lowest BCUT2D eigenvalue weighted by Gasteiger charge is -2.27. The zero-order valence-corrected chi connectivity index (χ0v) is 33.2. The predicted molar refractivity (Wildman–Crippen MR) is 190 cm³/mol. The molecule has 2 aromatic rings. The molecule has 0 saturated carbocycles. The third-order valence-corrected chi connectivity index (χ3v) is 14.2. The van der Waals surface area contributed by atoms with E-state index in [0.717, 1.165) is 13.3 Å². The lowest BCUT2D eigenvalue weighted by atomic mass is 10.1. The Morgan fingerprint density at radius 3 is 2.02 bits per heavy atom. The van der Waals surface area contributed by atoms with Gasteiger partial charge in [0.1, 0.15) is 42.3 Å². The van der Waals surface area contributed by atoms with Crippen LogP contribution in [0.1, 0.15) is 11.8 Å². The van der Waals surface area contributed by atoms with Crippen LogP contribution in [0.2, 0.25) is 0 Å². The first-order valence-corrected chi connectivity index (χ1v) is 22.1. The number of phosphoric acid groups is 4. The molecule has 2 saturated heterocycles. The summed E-state index contributed by atoms with van der Waals surface area (Å²) in [6.45, 7) is -2.29. The zero-order chi connectivity index (χ0) is 43.1. The quantitative estimate of drug-likeness (QED) is 0.0680. The molecular weight excluding hydrogens is 876 g/mol. The molecule has 3 aliphatic rings. The zero-order valence-electron chi connectivity index (χ0n) is 29.7. The van der Waals surface area contributed by atoms with Gasteiger partial charge in [0.2, 0.25) is 5.95 Å². The number of ether oxygens (including phenoxy) is 3. The molecule has 0 radical (unpaired) electrons. The third kappa shape index (κ3) is 10.5. The van der Waals surface area contributed by atoms with Gasteiger partial charge in [-0.3, -0.25) is 33.2 Å². The van der Waals surface area contributed by atoms with Crippen LogP contribution in [0.5, 0.6) is 0 Å². The molecule has 34 heteroatoms. The van der Waals surface area contributed by atoms with Crippen LogP contribution in [0.3, 0.4) is 0 Å². The highest BCUT2D eigenvalue weighted by atomic mass is 31.3. The van der Waals surface area contributed by atoms with Gasteiger partial charge in [-0.25, -0.2) is 23.1 Å². The Labute approximate surface area is 323 Å². The van der Waals surface area contributed by atoms with Gasteiger partial charge in [-0.15, -0.1) is 0 Å². The molecule has 30 nitrogen and oxygen atoms in total. The minimum absolute atomic E-state index is 0.00997. The fourth-order valence-corrected chi connectivity index (χ4v) is 10.8. The fraction of sp³-hybridized carbons (Fsp3) is 0.583. The Morgan fingerprint density at radius 1 is 0.862 bits per heavy atom. The van der Waals surface area contributed by atoms with Crippen molar-refractivity contribution in [1.29, 1.82) is 0 Å². The van der Waals surface area contributed by atoms with E-state index in [0.29, 0.717) is 4.57 Å². The SMILES string of the molecule is COC1C(O)[C@H](N2CN(C)c3c2nc(N)[nH]c3=O)O[C@@H]1COP(=O)(O)OP(=O)(O)OP(=O)(O)OP(=O)(O)OC[C@H]1O[C@@H](n2cc(/C=C/CN)c(=O)[nH]c2=O)C(O)[C@H]1O. The van der Waals surface area contributed by atoms with Crippen molar-refractivity contribution in [3.05, 3.63) is 49.0 Å². The second-order valence-electron chi connectivity index (χ2n) is 12.3. The summed E-state index contributed by atoms with van der Waals surface area (Å²) < 4.78 is 87.8. The van der Waals surface area contributed by atoms with Gasteiger partial charge >= 0.3 is 37.0 Å². The van der Waals surface area contributed by atoms with E-state index in [1.54, 1.807) is 0 Å². The number of nitrogens with two attached hydrogens (primary N) is 2. The van der Waals surface area contributed by atoms with Crippen LogP contribution in [-0.2, 0) is 54.5 Å². The number of anilines is 3. The number of phosphoric ester groups is 2. The number of nitrogens with zero attached hydrogens (tertiary/aromatic N) is 4. The predicted octanol–water partition coefficient (Wildman–Crippen LogP) is -3.71. The lowest BCUT2D eigenvalue weighted by Crippen LogP contribution is -2.46. The van der Waals surface area contributed by atoms with Gasteiger partial charge in [-0.05, 0) is 0 Å². The average molecular weight is 914 g/mol. The maximum atomic E-state index is 12.6. The minimum atomic E-state index is -6.26. The molecule has 7 unspecified atom stereocenters. The molecule has 5 heterocycles. The number of aromatic nitrogens is 4. The first-order valence-electron chi connectivity index (χ1n) is 16.1. The Morgan fingerprint density at radius 2 is 1.43 bits per heavy atom. The second-order valence-corrected chi connectivity index (χ2v) is 18.6. The van der Waals surface area contributed by atoms with Crippen LogP contribution in [0.15, 0.2) is 26.7 Å². The number of aliphatic hydroxyl groups is 3. The van der Waals surface area contributed by atoms with E-state index in [-0.39, 0.29) is 36.2 Å². The summed E-state index contributed by atoms with van der Waals surface area (Å²) in [6.07, 6.45) is -9.43. The maximum Gasteiger partial charge on any atom is 0.490 e. The summed E-state index contributed by atoms with van der Waals surface area (Å²) in [6, 6.07) is 0. The van der Waals surface area contributed by atoms with E-state index >= 15 is 0 Å². The number of fused-ring (bicyclic) bond motifs is 1. The van der Waals surface area contributed by atoms with Gasteiger partial charge in [-0.1, -0.05) is 12.2 Å². The Kier molecular flexibility index (Phi) is 13.9. The number of methoxy groups -OCH3 is 1. The molecule has 3 aliphatic heterocycles. The Balaban J connectivity index is 1.16. The van der Waals surface area contributed by atoms with Crippen LogP contribution in [-0.4, -0.2) is 138 Å². The molecule has 2 aromatic heterocycles. The van der Waals surface area contributed by atoms with Gasteiger partial charge in [0.25, 0.3) is 11.1 Å². The summed E-state index contributed by atoms with van der Waals surface area (Å²) >= 11 is 0. The van der Waals surface area contributed by atoms with Crippen molar-refractivity contribution in [3.63, 3.8) is 0 Å². The summed E-state index contributed by atoms with van der Waals surface area (Å²) in [4.78, 5) is 88.0. The molecule has 0 spiro atoms. The molecule has 0 amide bonds. The second kappa shape index (κ2) is 17.5. The summed E-state index contributed by atoms with van der Waals surface area (Å²) in [5, 5.41) is 31.8. The maximum absolute atomic E-state index is 12.6. The monoisotopic (exact) mass is 914 g/mol. The van der Waals surface area contributed by atoms with Crippen LogP contribution in [0.4, 0.5) is 17.5 Å². The van der Waals surface area contributed by atoms with Gasteiger partial charge in [0.05, 0.1) is 25.4 Å². The molecule has 13 N–H and O–H groups in total. The van der Waals surface area contributed by atoms with E-state index in [4.69, 9.17) is 25.7 Å². The van der Waals surface area contributed by atoms with Gasteiger partial charge in [-0.2, -0.15) is 17.9 Å². The molecule has 0 aromatic carbocycles. The largest absolute Gasteiger partial charge is 0.490 e. The van der Waals surface area contributed by atoms with Crippen molar-refractivity contribution in [1.82, 2.24) is 19.5 Å². The van der Waals surface area contributed by atoms with E-state index < -0.39 is 110 Å². The van der Waals surface area contributed by atoms with Crippen molar-refractivity contribution in [3.8, 4) is 0 Å². The number of aromatic amines is 2. The first-order chi connectivity index (χ1) is 26.9. The normalized spacial score (nSPS) is 30.2. The number of aliphatic hydroxyl groups excluding tert-OH is 3. The molecule has 0 aliphatic carbocycles. The Bertz CT molecular complexity index is 2260. The number of hydrogen-bond donors (Lipinski definition) is 11. The summed E-state index contributed by atoms with van der Waals surface area (Å²) in [7, 11) is -21.5. The molecule has 5 rings (SSSR count). The molecule has 12 atom stereocenters. The fourth-order valence-electron chi connectivity index (χ4n) is 5.89. The van der Waals surface area contributed by atoms with Gasteiger partial charge in [0.15, 0.2) is 18.3 Å². The topological polar surface area (TPSA) is 443 Å². The summed E-state index contributed by atoms with van der Waals surface area (Å²) in [5.41, 5.74) is 8.43. The molecule has 2 fully saturated rings. The first kappa shape index (κ1) is 46.1. The number of rotatable bonds is 17. The standard InChI is InChI=1S/C24H38N8O22P4/c1-30-9-32(18-13(30)20(37)28-23(26)27-18)22-16(35)17(47-2)12(51-22)8-49-56(41,42)53-58(45,46)54-57(43,44)52-55(39,40)48-7-11-14(33)15(34)21(50-11)31-6-10(4-3-5-25)19(36)29-24(31)38/h3-4,6,11-12,14-17,21-22,33-35H,5,7-9,25H2,1-2H3,(H,39,40)(H,41,42)(H,43,44)(H,45,46)(H,29,36,38)(H3,26,27,28,37)/b4-3+/t11-,12-,14+,15?,16?,17?,21-,22-/m1/s1. The van der Waals surface area contributed by atoms with Crippen molar-refractivity contribution in [2.45, 2.75) is 49.1 Å². The van der Waals surface area contributed by atoms with Crippen molar-refractivity contribution >= 4 is 54.8 Å². The highest BCUT2D eigenvalue weighted by molar-refractivity contribution is 7.69. The van der Waals surface area contributed by atoms with Crippen LogP contribution < -0.4 is 38.1 Å². The molecule has 326 valence electrons. The highest BCUT2D eigenvalue weighted by Crippen LogP contribution is 2.71. The van der Waals surface area contributed by atoms with E-state index in [2.05, 4.69) is 31.9 Å². The highest BCUT2D eigenvalue weighted by Gasteiger charge is 2.52. The van der Waals surface area contributed by atoms with Crippen LogP contribution in [0.25, 0.3) is 6.08 Å². The molecule has 58 heavy (non-hydrogen) atoms. The van der Waals surface area contributed by atoms with Crippen molar-refractivity contribution < 1.29 is 89.3 Å². The van der Waals surface area contributed by atoms with Gasteiger partial charge < -0.3 is 70.4 Å². The van der Waals surface area contributed by atoms with E-state index in [1.807, 2.05) is 4.98 Å². The number of H-pyrrole nitrogens is 2. The third-order valence-electron chi connectivity index (χ3n) is 8.27. The lowest BCUT2D eigenvalue weighted by molar-refractivity contribution is -0.0542. The molecular formula is C24H38N8O22P4. The minimum Gasteiger partial charge on any atom is -0.387 e. The van der Waals surface area contributed by atoms with Crippen LogP contribution in [0, 0.1) is 0 Å². The van der Waals surface area contributed by atoms with E-state index in [1.165, 1.54) is 29.0 Å². The van der Waals surface area contributed by atoms with Gasteiger partial charge in [0, 0.05) is 26.9 Å². The van der Waals surface area contributed by atoms with Crippen molar-refractivity contribution in [2.24, 2.45) is 5.73 Å². The molecule has 0 bridgehead atoms. The Hall–Kier alpha value is -3.02. The number of nitrogens with one attached hydrogen (secondary N) is 2. The summed E-state index contributed by atoms with van der Waals surface area (Å²) in [5.74, 6) is -0.249. The van der Waals surface area contributed by atoms with Crippen molar-refractivity contribution in [2.75, 3.05) is 56.1 Å². The van der Waals surface area contributed by atoms with E-state index in [9.17, 15) is 67.5 Å². The number of hydrogen-bond acceptors (Lipinski definition) is 23. The van der Waals surface area contributed by atoms with Crippen LogP contribution >= 0.6 is 31.3 Å². The average Bonchev–Trinajstić information content (AvgIpc) is 3.69. The smallest absolute Gasteiger partial charge is 0.387 e.